The van der Waals surface area contributed by atoms with Gasteiger partial charge in [0.25, 0.3) is 0 Å². The van der Waals surface area contributed by atoms with Crippen LogP contribution < -0.4 is 10.6 Å². The molecule has 0 aromatic rings. The number of allylic oxidation sites excluding steroid dienone is 2. The van der Waals surface area contributed by atoms with E-state index in [1.807, 2.05) is 20.8 Å². The first kappa shape index (κ1) is 16.2. The molecule has 0 bridgehead atoms. The van der Waals surface area contributed by atoms with E-state index in [-0.39, 0.29) is 11.4 Å². The van der Waals surface area contributed by atoms with Crippen LogP contribution in [0.3, 0.4) is 0 Å². The molecule has 0 radical (unpaired) electrons. The third-order valence-corrected chi connectivity index (χ3v) is 2.28. The summed E-state index contributed by atoms with van der Waals surface area (Å²) in [6.07, 6.45) is 4.36. The van der Waals surface area contributed by atoms with Crippen molar-refractivity contribution in [1.82, 2.24) is 10.6 Å². The molecule has 1 atom stereocenters. The minimum Gasteiger partial charge on any atom is -0.350 e. The first-order valence-corrected chi connectivity index (χ1v) is 6.38. The highest BCUT2D eigenvalue weighted by atomic mass is 16.2. The Morgan fingerprint density at radius 1 is 1.29 bits per heavy atom. The van der Waals surface area contributed by atoms with E-state index < -0.39 is 0 Å². The molecule has 2 N–H and O–H groups in total. The molecule has 0 fully saturated rings. The Kier molecular flexibility index (Phi) is 7.12. The summed E-state index contributed by atoms with van der Waals surface area (Å²) in [5.41, 5.74) is 1.20. The van der Waals surface area contributed by atoms with Gasteiger partial charge in [0, 0.05) is 11.6 Å². The van der Waals surface area contributed by atoms with Crippen LogP contribution >= 0.6 is 0 Å². The maximum absolute atomic E-state index is 11.6. The molecular formula is C14H28N2O. The Morgan fingerprint density at radius 2 is 1.88 bits per heavy atom. The Bertz CT molecular complexity index is 260. The summed E-state index contributed by atoms with van der Waals surface area (Å²) in [5, 5.41) is 6.17. The molecule has 0 rings (SSSR count). The van der Waals surface area contributed by atoms with Crippen molar-refractivity contribution < 1.29 is 4.79 Å². The molecule has 0 aliphatic heterocycles. The lowest BCUT2D eigenvalue weighted by atomic mass is 10.1. The highest BCUT2D eigenvalue weighted by molar-refractivity contribution is 5.78. The summed E-state index contributed by atoms with van der Waals surface area (Å²) in [6, 6.07) is 0.372. The van der Waals surface area contributed by atoms with Gasteiger partial charge in [-0.15, -0.1) is 0 Å². The fraction of sp³-hybridized carbons (Fsp3) is 0.786. The smallest absolute Gasteiger partial charge is 0.234 e. The van der Waals surface area contributed by atoms with Gasteiger partial charge in [0.1, 0.15) is 0 Å². The largest absolute Gasteiger partial charge is 0.350 e. The van der Waals surface area contributed by atoms with Crippen LogP contribution in [0, 0.1) is 0 Å². The van der Waals surface area contributed by atoms with Gasteiger partial charge in [-0.3, -0.25) is 4.79 Å². The zero-order chi connectivity index (χ0) is 13.5. The summed E-state index contributed by atoms with van der Waals surface area (Å²) < 4.78 is 0. The highest BCUT2D eigenvalue weighted by Gasteiger charge is 2.13. The van der Waals surface area contributed by atoms with Gasteiger partial charge in [0.2, 0.25) is 5.91 Å². The molecule has 3 heteroatoms. The number of nitrogens with one attached hydrogen (secondary N) is 2. The van der Waals surface area contributed by atoms with Crippen LogP contribution in [-0.4, -0.2) is 24.0 Å². The van der Waals surface area contributed by atoms with Gasteiger partial charge in [0.05, 0.1) is 6.54 Å². The molecule has 0 heterocycles. The summed E-state index contributed by atoms with van der Waals surface area (Å²) in [4.78, 5) is 11.6. The van der Waals surface area contributed by atoms with Crippen LogP contribution in [0.4, 0.5) is 0 Å². The van der Waals surface area contributed by atoms with E-state index in [1.54, 1.807) is 0 Å². The monoisotopic (exact) mass is 240 g/mol. The van der Waals surface area contributed by atoms with Crippen LogP contribution in [0.1, 0.15) is 54.4 Å². The first-order valence-electron chi connectivity index (χ1n) is 6.38. The van der Waals surface area contributed by atoms with Crippen LogP contribution in [0.25, 0.3) is 0 Å². The van der Waals surface area contributed by atoms with Gasteiger partial charge in [-0.05, 0) is 54.4 Å². The second kappa shape index (κ2) is 7.49. The molecule has 17 heavy (non-hydrogen) atoms. The fourth-order valence-corrected chi connectivity index (χ4v) is 1.45. The summed E-state index contributed by atoms with van der Waals surface area (Å²) in [7, 11) is 0. The standard InChI is InChI=1S/C14H28N2O/c1-11(2)8-7-9-12(3)15-10-13(17)16-14(4,5)6/h8,12,15H,7,9-10H2,1-6H3,(H,16,17). The van der Waals surface area contributed by atoms with Crippen LogP contribution in [0.15, 0.2) is 11.6 Å². The molecule has 0 aromatic carbocycles. The first-order chi connectivity index (χ1) is 7.70. The Balaban J connectivity index is 3.73. The molecule has 0 aromatic heterocycles. The van der Waals surface area contributed by atoms with Crippen molar-refractivity contribution in [3.8, 4) is 0 Å². The molecule has 0 aliphatic rings. The summed E-state index contributed by atoms with van der Waals surface area (Å²) in [5.74, 6) is 0.0616. The average molecular weight is 240 g/mol. The van der Waals surface area contributed by atoms with E-state index in [1.165, 1.54) is 5.57 Å². The Morgan fingerprint density at radius 3 is 2.35 bits per heavy atom. The van der Waals surface area contributed by atoms with Crippen LogP contribution in [0.2, 0.25) is 0 Å². The molecule has 0 saturated carbocycles. The van der Waals surface area contributed by atoms with Gasteiger partial charge in [-0.2, -0.15) is 0 Å². The SMILES string of the molecule is CC(C)=CCCC(C)NCC(=O)NC(C)(C)C. The topological polar surface area (TPSA) is 41.1 Å². The number of rotatable bonds is 6. The van der Waals surface area contributed by atoms with Gasteiger partial charge in [-0.1, -0.05) is 11.6 Å². The quantitative estimate of drug-likeness (QED) is 0.701. The zero-order valence-corrected chi connectivity index (χ0v) is 12.2. The van der Waals surface area contributed by atoms with Crippen molar-refractivity contribution in [2.24, 2.45) is 0 Å². The lowest BCUT2D eigenvalue weighted by molar-refractivity contribution is -0.121. The third kappa shape index (κ3) is 11.4. The number of carbonyl (C=O) groups excluding carboxylic acids is 1. The highest BCUT2D eigenvalue weighted by Crippen LogP contribution is 2.01. The molecule has 0 aliphatic carbocycles. The molecule has 0 saturated heterocycles. The molecule has 1 amide bonds. The molecule has 3 nitrogen and oxygen atoms in total. The van der Waals surface area contributed by atoms with Crippen molar-refractivity contribution in [3.63, 3.8) is 0 Å². The predicted octanol–water partition coefficient (Wildman–Crippen LogP) is 2.63. The Hall–Kier alpha value is -0.830. The van der Waals surface area contributed by atoms with Gasteiger partial charge in [-0.25, -0.2) is 0 Å². The third-order valence-electron chi connectivity index (χ3n) is 2.28. The minimum atomic E-state index is -0.149. The van der Waals surface area contributed by atoms with E-state index in [9.17, 15) is 4.79 Å². The van der Waals surface area contributed by atoms with Gasteiger partial charge < -0.3 is 10.6 Å². The lowest BCUT2D eigenvalue weighted by Gasteiger charge is -2.21. The molecule has 1 unspecified atom stereocenters. The molecule has 100 valence electrons. The second-order valence-electron chi connectivity index (χ2n) is 5.94. The van der Waals surface area contributed by atoms with E-state index in [2.05, 4.69) is 37.5 Å². The van der Waals surface area contributed by atoms with E-state index in [0.29, 0.717) is 12.6 Å². The Labute approximate surface area is 106 Å². The number of amides is 1. The van der Waals surface area contributed by atoms with Crippen molar-refractivity contribution in [1.29, 1.82) is 0 Å². The molecular weight excluding hydrogens is 212 g/mol. The van der Waals surface area contributed by atoms with E-state index >= 15 is 0 Å². The van der Waals surface area contributed by atoms with Crippen LogP contribution in [-0.2, 0) is 4.79 Å². The maximum atomic E-state index is 11.6. The normalized spacial score (nSPS) is 13.1. The van der Waals surface area contributed by atoms with Gasteiger partial charge in [0.15, 0.2) is 0 Å². The fourth-order valence-electron chi connectivity index (χ4n) is 1.45. The summed E-state index contributed by atoms with van der Waals surface area (Å²) in [6.45, 7) is 12.7. The second-order valence-corrected chi connectivity index (χ2v) is 5.94. The number of hydrogen-bond acceptors (Lipinski definition) is 2. The zero-order valence-electron chi connectivity index (χ0n) is 12.2. The minimum absolute atomic E-state index is 0.0616. The number of hydrogen-bond donors (Lipinski definition) is 2. The van der Waals surface area contributed by atoms with Crippen molar-refractivity contribution in [2.45, 2.75) is 66.0 Å². The predicted molar refractivity (Wildman–Crippen MR) is 74.0 cm³/mol. The van der Waals surface area contributed by atoms with Crippen molar-refractivity contribution in [2.75, 3.05) is 6.54 Å². The molecule has 0 spiro atoms. The van der Waals surface area contributed by atoms with Crippen LogP contribution in [0.5, 0.6) is 0 Å². The maximum Gasteiger partial charge on any atom is 0.234 e. The van der Waals surface area contributed by atoms with Crippen molar-refractivity contribution in [3.05, 3.63) is 11.6 Å². The van der Waals surface area contributed by atoms with E-state index in [0.717, 1.165) is 12.8 Å². The van der Waals surface area contributed by atoms with E-state index in [4.69, 9.17) is 0 Å². The number of carbonyl (C=O) groups is 1. The lowest BCUT2D eigenvalue weighted by Crippen LogP contribution is -2.46. The van der Waals surface area contributed by atoms with Crippen molar-refractivity contribution >= 4 is 5.91 Å². The average Bonchev–Trinajstić information content (AvgIpc) is 2.11. The summed E-state index contributed by atoms with van der Waals surface area (Å²) >= 11 is 0. The van der Waals surface area contributed by atoms with Gasteiger partial charge >= 0.3 is 0 Å².